The van der Waals surface area contributed by atoms with Crippen LogP contribution in [0, 0.1) is 11.3 Å². The Morgan fingerprint density at radius 1 is 1.45 bits per heavy atom. The minimum absolute atomic E-state index is 0. The zero-order valence-electron chi connectivity index (χ0n) is 6.16. The van der Waals surface area contributed by atoms with Crippen LogP contribution >= 0.6 is 0 Å². The molecule has 0 bridgehead atoms. The molecule has 1 rings (SSSR count). The van der Waals surface area contributed by atoms with Crippen molar-refractivity contribution in [2.75, 3.05) is 0 Å². The number of nitriles is 1. The molecule has 0 N–H and O–H groups in total. The van der Waals surface area contributed by atoms with Gasteiger partial charge in [-0.1, -0.05) is 0 Å². The van der Waals surface area contributed by atoms with Gasteiger partial charge < -0.3 is 17.0 Å². The summed E-state index contributed by atoms with van der Waals surface area (Å²) in [5.41, 5.74) is 0.722. The van der Waals surface area contributed by atoms with Gasteiger partial charge in [0.15, 0.2) is 0 Å². The van der Waals surface area contributed by atoms with E-state index in [2.05, 4.69) is 9.97 Å². The molecule has 3 nitrogen and oxygen atoms in total. The number of hydrogen-bond acceptors (Lipinski definition) is 3. The molecule has 1 aromatic rings. The Kier molecular flexibility index (Phi) is 9.34. The maximum atomic E-state index is 8.20. The minimum atomic E-state index is 0. The summed E-state index contributed by atoms with van der Waals surface area (Å²) in [5, 5.41) is 8.20. The SMILES string of the molecule is N#CCc1cnccn1.[Br-].[Li+]. The maximum Gasteiger partial charge on any atom is 1.00 e. The zero-order valence-corrected chi connectivity index (χ0v) is 7.74. The second-order valence-corrected chi connectivity index (χ2v) is 1.53. The molecule has 1 heterocycles. The topological polar surface area (TPSA) is 49.6 Å². The van der Waals surface area contributed by atoms with E-state index in [4.69, 9.17) is 5.26 Å². The Morgan fingerprint density at radius 3 is 2.64 bits per heavy atom. The number of halogens is 1. The summed E-state index contributed by atoms with van der Waals surface area (Å²) < 4.78 is 0. The molecule has 0 aliphatic heterocycles. The average Bonchev–Trinajstić information content (AvgIpc) is 1.91. The normalized spacial score (nSPS) is 6.82. The Morgan fingerprint density at radius 2 is 2.18 bits per heavy atom. The van der Waals surface area contributed by atoms with Crippen LogP contribution in [0.3, 0.4) is 0 Å². The third kappa shape index (κ3) is 4.98. The number of aromatic nitrogens is 2. The van der Waals surface area contributed by atoms with Gasteiger partial charge in [0.25, 0.3) is 0 Å². The van der Waals surface area contributed by atoms with Crippen LogP contribution in [0.15, 0.2) is 18.6 Å². The smallest absolute Gasteiger partial charge is 1.00 e. The van der Waals surface area contributed by atoms with Crippen LogP contribution in [0.25, 0.3) is 0 Å². The molecule has 0 atom stereocenters. The van der Waals surface area contributed by atoms with Gasteiger partial charge in [0.05, 0.1) is 18.2 Å². The third-order valence-corrected chi connectivity index (χ3v) is 0.877. The van der Waals surface area contributed by atoms with Gasteiger partial charge in [-0.05, 0) is 0 Å². The van der Waals surface area contributed by atoms with Crippen LogP contribution < -0.4 is 35.8 Å². The fraction of sp³-hybridized carbons (Fsp3) is 0.167. The molecule has 5 heteroatoms. The fourth-order valence-corrected chi connectivity index (χ4v) is 0.502. The molecule has 0 aromatic carbocycles. The van der Waals surface area contributed by atoms with E-state index in [1.807, 2.05) is 6.07 Å². The van der Waals surface area contributed by atoms with Crippen LogP contribution in [-0.4, -0.2) is 9.97 Å². The molecule has 11 heavy (non-hydrogen) atoms. The Hall–Kier alpha value is -0.353. The van der Waals surface area contributed by atoms with E-state index >= 15 is 0 Å². The summed E-state index contributed by atoms with van der Waals surface area (Å²) in [6, 6.07) is 1.98. The molecule has 0 spiro atoms. The Bertz CT molecular complexity index is 221. The van der Waals surface area contributed by atoms with Gasteiger partial charge in [-0.25, -0.2) is 0 Å². The molecule has 0 aliphatic carbocycles. The second kappa shape index (κ2) is 7.75. The zero-order chi connectivity index (χ0) is 6.53. The van der Waals surface area contributed by atoms with Crippen molar-refractivity contribution in [1.82, 2.24) is 9.97 Å². The van der Waals surface area contributed by atoms with E-state index < -0.39 is 0 Å². The van der Waals surface area contributed by atoms with E-state index in [-0.39, 0.29) is 35.8 Å². The van der Waals surface area contributed by atoms with Gasteiger partial charge in [0, 0.05) is 18.6 Å². The molecule has 0 unspecified atom stereocenters. The quantitative estimate of drug-likeness (QED) is 0.431. The van der Waals surface area contributed by atoms with Gasteiger partial charge in [-0.2, -0.15) is 5.26 Å². The van der Waals surface area contributed by atoms with Crippen LogP contribution in [0.4, 0.5) is 0 Å². The predicted molar refractivity (Wildman–Crippen MR) is 31.3 cm³/mol. The van der Waals surface area contributed by atoms with E-state index in [9.17, 15) is 0 Å². The summed E-state index contributed by atoms with van der Waals surface area (Å²) in [7, 11) is 0. The largest absolute Gasteiger partial charge is 1.00 e. The summed E-state index contributed by atoms with van der Waals surface area (Å²) in [6.45, 7) is 0. The summed E-state index contributed by atoms with van der Waals surface area (Å²) >= 11 is 0. The van der Waals surface area contributed by atoms with Gasteiger partial charge in [-0.15, -0.1) is 0 Å². The fourth-order valence-electron chi connectivity index (χ4n) is 0.502. The van der Waals surface area contributed by atoms with Crippen LogP contribution in [0.1, 0.15) is 5.69 Å². The molecular weight excluding hydrogens is 201 g/mol. The molecule has 0 radical (unpaired) electrons. The third-order valence-electron chi connectivity index (χ3n) is 0.877. The van der Waals surface area contributed by atoms with Crippen LogP contribution in [-0.2, 0) is 6.42 Å². The van der Waals surface area contributed by atoms with Crippen molar-refractivity contribution in [2.45, 2.75) is 6.42 Å². The van der Waals surface area contributed by atoms with E-state index in [0.29, 0.717) is 6.42 Å². The average molecular weight is 206 g/mol. The molecule has 0 aliphatic rings. The molecule has 0 saturated carbocycles. The maximum absolute atomic E-state index is 8.20. The summed E-state index contributed by atoms with van der Waals surface area (Å²) in [5.74, 6) is 0. The van der Waals surface area contributed by atoms with Crippen LogP contribution in [0.5, 0.6) is 0 Å². The Labute approximate surface area is 87.8 Å². The number of rotatable bonds is 1. The first kappa shape index (κ1) is 13.3. The van der Waals surface area contributed by atoms with Crippen molar-refractivity contribution in [3.8, 4) is 6.07 Å². The van der Waals surface area contributed by atoms with Crippen molar-refractivity contribution in [2.24, 2.45) is 0 Å². The van der Waals surface area contributed by atoms with Gasteiger partial charge in [0.2, 0.25) is 0 Å². The summed E-state index contributed by atoms with van der Waals surface area (Å²) in [6.07, 6.45) is 5.09. The van der Waals surface area contributed by atoms with Crippen molar-refractivity contribution in [1.29, 1.82) is 5.26 Å². The second-order valence-electron chi connectivity index (χ2n) is 1.53. The van der Waals surface area contributed by atoms with E-state index in [0.717, 1.165) is 5.69 Å². The molecule has 1 aromatic heterocycles. The molecule has 0 amide bonds. The van der Waals surface area contributed by atoms with Crippen molar-refractivity contribution < 1.29 is 35.8 Å². The standard InChI is InChI=1S/C6H5N3.BrH.Li/c7-2-1-6-5-8-3-4-9-6;;/h3-5H,1H2;1H;/q;;+1/p-1. The van der Waals surface area contributed by atoms with Gasteiger partial charge in [0.1, 0.15) is 0 Å². The summed E-state index contributed by atoms with van der Waals surface area (Å²) in [4.78, 5) is 7.67. The first-order valence-electron chi connectivity index (χ1n) is 2.55. The molecule has 0 fully saturated rings. The van der Waals surface area contributed by atoms with Crippen molar-refractivity contribution in [3.05, 3.63) is 24.3 Å². The van der Waals surface area contributed by atoms with Crippen molar-refractivity contribution in [3.63, 3.8) is 0 Å². The van der Waals surface area contributed by atoms with E-state index in [1.54, 1.807) is 18.6 Å². The van der Waals surface area contributed by atoms with E-state index in [1.165, 1.54) is 0 Å². The van der Waals surface area contributed by atoms with Gasteiger partial charge >= 0.3 is 18.9 Å². The minimum Gasteiger partial charge on any atom is -1.00 e. The Balaban J connectivity index is 0. The first-order chi connectivity index (χ1) is 4.43. The molecular formula is C6H5BrLiN3. The van der Waals surface area contributed by atoms with Crippen LogP contribution in [0.2, 0.25) is 0 Å². The van der Waals surface area contributed by atoms with Gasteiger partial charge in [-0.3, -0.25) is 9.97 Å². The molecule has 52 valence electrons. The monoisotopic (exact) mass is 205 g/mol. The van der Waals surface area contributed by atoms with Crippen molar-refractivity contribution >= 4 is 0 Å². The number of nitrogens with zero attached hydrogens (tertiary/aromatic N) is 3. The molecule has 0 saturated heterocycles. The first-order valence-corrected chi connectivity index (χ1v) is 2.55. The predicted octanol–water partition coefficient (Wildman–Crippen LogP) is -5.45. The number of hydrogen-bond donors (Lipinski definition) is 0.